The van der Waals surface area contributed by atoms with Crippen LogP contribution in [0.25, 0.3) is 5.65 Å². The summed E-state index contributed by atoms with van der Waals surface area (Å²) in [6, 6.07) is 3.59. The van der Waals surface area contributed by atoms with Crippen molar-refractivity contribution >= 4 is 53.2 Å². The first-order chi connectivity index (χ1) is 9.82. The van der Waals surface area contributed by atoms with Gasteiger partial charge in [-0.25, -0.2) is 12.9 Å². The van der Waals surface area contributed by atoms with E-state index < -0.39 is 9.05 Å². The Morgan fingerprint density at radius 2 is 2.19 bits per heavy atom. The molecule has 1 amide bonds. The van der Waals surface area contributed by atoms with Crippen LogP contribution >= 0.6 is 26.6 Å². The van der Waals surface area contributed by atoms with E-state index in [1.165, 1.54) is 4.90 Å². The van der Waals surface area contributed by atoms with Crippen LogP contribution in [0.15, 0.2) is 22.8 Å². The number of rotatable bonds is 3. The number of aromatic nitrogens is 3. The standard InChI is InChI=1S/C11H10BrClN4O3S/c12-8-1-2-9-14-11(15-17(9)5-8)16-4-7(3-10(16)18)6-21(13,19)20/h1-2,5,7H,3-4,6H2. The predicted molar refractivity (Wildman–Crippen MR) is 80.8 cm³/mol. The molecule has 2 aromatic heterocycles. The fourth-order valence-corrected chi connectivity index (χ4v) is 3.98. The molecule has 0 N–H and O–H groups in total. The van der Waals surface area contributed by atoms with E-state index in [9.17, 15) is 13.2 Å². The number of pyridine rings is 1. The Kier molecular flexibility index (Phi) is 3.66. The van der Waals surface area contributed by atoms with Crippen molar-refractivity contribution in [2.24, 2.45) is 5.92 Å². The second-order valence-electron chi connectivity index (χ2n) is 4.84. The molecule has 3 heterocycles. The Morgan fingerprint density at radius 1 is 1.43 bits per heavy atom. The topological polar surface area (TPSA) is 84.6 Å². The van der Waals surface area contributed by atoms with Gasteiger partial charge in [0.25, 0.3) is 5.95 Å². The summed E-state index contributed by atoms with van der Waals surface area (Å²) >= 11 is 3.33. The zero-order valence-corrected chi connectivity index (χ0v) is 13.8. The number of fused-ring (bicyclic) bond motifs is 1. The van der Waals surface area contributed by atoms with Crippen LogP contribution in [-0.4, -0.2) is 41.2 Å². The monoisotopic (exact) mass is 392 g/mol. The van der Waals surface area contributed by atoms with E-state index in [-0.39, 0.29) is 36.5 Å². The number of carbonyl (C=O) groups excluding carboxylic acids is 1. The van der Waals surface area contributed by atoms with Crippen molar-refractivity contribution in [1.82, 2.24) is 14.6 Å². The molecule has 10 heteroatoms. The van der Waals surface area contributed by atoms with E-state index in [0.29, 0.717) is 5.65 Å². The summed E-state index contributed by atoms with van der Waals surface area (Å²) in [5.41, 5.74) is 0.606. The number of carbonyl (C=O) groups is 1. The maximum Gasteiger partial charge on any atom is 0.252 e. The molecule has 1 atom stereocenters. The van der Waals surface area contributed by atoms with Crippen LogP contribution in [0.4, 0.5) is 5.95 Å². The average molecular weight is 394 g/mol. The Labute approximate surface area is 133 Å². The first kappa shape index (κ1) is 14.7. The summed E-state index contributed by atoms with van der Waals surface area (Å²) in [5, 5.41) is 4.24. The van der Waals surface area contributed by atoms with Crippen molar-refractivity contribution in [3.8, 4) is 0 Å². The molecule has 1 aliphatic rings. The molecule has 7 nitrogen and oxygen atoms in total. The van der Waals surface area contributed by atoms with Crippen molar-refractivity contribution in [2.45, 2.75) is 6.42 Å². The lowest BCUT2D eigenvalue weighted by molar-refractivity contribution is -0.117. The minimum atomic E-state index is -3.63. The number of hydrogen-bond donors (Lipinski definition) is 0. The molecule has 0 spiro atoms. The van der Waals surface area contributed by atoms with Crippen molar-refractivity contribution < 1.29 is 13.2 Å². The predicted octanol–water partition coefficient (Wildman–Crippen LogP) is 1.41. The van der Waals surface area contributed by atoms with Gasteiger partial charge in [-0.3, -0.25) is 9.69 Å². The Hall–Kier alpha value is -1.19. The van der Waals surface area contributed by atoms with Crippen LogP contribution in [0.1, 0.15) is 6.42 Å². The number of nitrogens with zero attached hydrogens (tertiary/aromatic N) is 4. The highest BCUT2D eigenvalue weighted by Gasteiger charge is 2.35. The number of hydrogen-bond acceptors (Lipinski definition) is 5. The van der Waals surface area contributed by atoms with Gasteiger partial charge in [0, 0.05) is 40.2 Å². The molecular weight excluding hydrogens is 384 g/mol. The van der Waals surface area contributed by atoms with Gasteiger partial charge in [0.15, 0.2) is 5.65 Å². The van der Waals surface area contributed by atoms with Crippen LogP contribution in [0.5, 0.6) is 0 Å². The largest absolute Gasteiger partial charge is 0.279 e. The van der Waals surface area contributed by atoms with E-state index in [1.807, 2.05) is 6.07 Å². The molecule has 21 heavy (non-hydrogen) atoms. The molecule has 0 radical (unpaired) electrons. The fraction of sp³-hybridized carbons (Fsp3) is 0.364. The lowest BCUT2D eigenvalue weighted by Crippen LogP contribution is -2.26. The Bertz CT molecular complexity index is 822. The summed E-state index contributed by atoms with van der Waals surface area (Å²) < 4.78 is 24.6. The number of halogens is 2. The average Bonchev–Trinajstić information content (AvgIpc) is 2.89. The van der Waals surface area contributed by atoms with E-state index in [1.54, 1.807) is 16.8 Å². The number of amides is 1. The van der Waals surface area contributed by atoms with Crippen molar-refractivity contribution in [1.29, 1.82) is 0 Å². The zero-order chi connectivity index (χ0) is 15.2. The lowest BCUT2D eigenvalue weighted by Gasteiger charge is -2.10. The van der Waals surface area contributed by atoms with E-state index in [4.69, 9.17) is 10.7 Å². The fourth-order valence-electron chi connectivity index (χ4n) is 2.33. The first-order valence-electron chi connectivity index (χ1n) is 6.06. The molecule has 1 saturated heterocycles. The van der Waals surface area contributed by atoms with Gasteiger partial charge in [-0.15, -0.1) is 5.10 Å². The minimum Gasteiger partial charge on any atom is -0.279 e. The Morgan fingerprint density at radius 3 is 2.90 bits per heavy atom. The zero-order valence-electron chi connectivity index (χ0n) is 10.6. The van der Waals surface area contributed by atoms with Gasteiger partial charge < -0.3 is 0 Å². The third-order valence-corrected chi connectivity index (χ3v) is 4.88. The normalized spacial score (nSPS) is 19.6. The molecule has 3 rings (SSSR count). The van der Waals surface area contributed by atoms with E-state index in [0.717, 1.165) is 4.47 Å². The summed E-state index contributed by atoms with van der Waals surface area (Å²) in [5.74, 6) is -0.489. The molecule has 0 bridgehead atoms. The second-order valence-corrected chi connectivity index (χ2v) is 8.58. The highest BCUT2D eigenvalue weighted by molar-refractivity contribution is 9.10. The smallest absolute Gasteiger partial charge is 0.252 e. The van der Waals surface area contributed by atoms with Gasteiger partial charge >= 0.3 is 0 Å². The van der Waals surface area contributed by atoms with E-state index >= 15 is 0 Å². The molecule has 1 fully saturated rings. The second kappa shape index (κ2) is 5.22. The third-order valence-electron chi connectivity index (χ3n) is 3.17. The van der Waals surface area contributed by atoms with Crippen molar-refractivity contribution in [3.63, 3.8) is 0 Å². The molecule has 0 aromatic carbocycles. The van der Waals surface area contributed by atoms with Gasteiger partial charge in [0.1, 0.15) is 0 Å². The van der Waals surface area contributed by atoms with Crippen LogP contribution in [0.2, 0.25) is 0 Å². The molecule has 0 saturated carbocycles. The molecule has 2 aromatic rings. The summed E-state index contributed by atoms with van der Waals surface area (Å²) in [4.78, 5) is 17.7. The van der Waals surface area contributed by atoms with Gasteiger partial charge in [0.05, 0.1) is 5.75 Å². The summed E-state index contributed by atoms with van der Waals surface area (Å²) in [6.45, 7) is 0.253. The quantitative estimate of drug-likeness (QED) is 0.736. The first-order valence-corrected chi connectivity index (χ1v) is 9.33. The molecule has 112 valence electrons. The van der Waals surface area contributed by atoms with Gasteiger partial charge in [0.2, 0.25) is 15.0 Å². The molecule has 1 aliphatic heterocycles. The van der Waals surface area contributed by atoms with Crippen molar-refractivity contribution in [3.05, 3.63) is 22.8 Å². The van der Waals surface area contributed by atoms with Gasteiger partial charge in [-0.1, -0.05) is 0 Å². The van der Waals surface area contributed by atoms with Crippen molar-refractivity contribution in [2.75, 3.05) is 17.2 Å². The highest BCUT2D eigenvalue weighted by atomic mass is 79.9. The van der Waals surface area contributed by atoms with Gasteiger partial charge in [-0.2, -0.15) is 4.98 Å². The summed E-state index contributed by atoms with van der Waals surface area (Å²) in [7, 11) is 1.61. The maximum absolute atomic E-state index is 12.0. The maximum atomic E-state index is 12.0. The number of anilines is 1. The molecule has 0 aliphatic carbocycles. The van der Waals surface area contributed by atoms with Gasteiger partial charge in [-0.05, 0) is 28.1 Å². The highest BCUT2D eigenvalue weighted by Crippen LogP contribution is 2.25. The molecule has 1 unspecified atom stereocenters. The van der Waals surface area contributed by atoms with E-state index in [2.05, 4.69) is 26.0 Å². The molecular formula is C11H10BrClN4O3S. The Balaban J connectivity index is 1.87. The van der Waals surface area contributed by atoms with Crippen LogP contribution in [0, 0.1) is 5.92 Å². The van der Waals surface area contributed by atoms with Crippen LogP contribution in [-0.2, 0) is 13.8 Å². The minimum absolute atomic E-state index is 0.130. The van der Waals surface area contributed by atoms with Crippen LogP contribution < -0.4 is 4.90 Å². The summed E-state index contributed by atoms with van der Waals surface area (Å²) in [6.07, 6.45) is 1.86. The third kappa shape index (κ3) is 3.19. The lowest BCUT2D eigenvalue weighted by atomic mass is 10.1. The SMILES string of the molecule is O=C1CC(CS(=O)(=O)Cl)CN1c1nc2ccc(Br)cn2n1. The van der Waals surface area contributed by atoms with Crippen LogP contribution in [0.3, 0.4) is 0 Å².